The van der Waals surface area contributed by atoms with Crippen molar-refractivity contribution in [3.8, 4) is 0 Å². The maximum atomic E-state index is 12.3. The van der Waals surface area contributed by atoms with Gasteiger partial charge in [-0.25, -0.2) is 4.98 Å². The molecule has 1 aromatic heterocycles. The van der Waals surface area contributed by atoms with Crippen molar-refractivity contribution in [1.82, 2.24) is 9.88 Å². The second kappa shape index (κ2) is 11.1. The van der Waals surface area contributed by atoms with Crippen LogP contribution >= 0.6 is 0 Å². The molecule has 2 aromatic rings. The van der Waals surface area contributed by atoms with Crippen LogP contribution in [-0.4, -0.2) is 66.5 Å². The molecule has 2 aliphatic heterocycles. The Morgan fingerprint density at radius 2 is 2.14 bits per heavy atom. The number of aryl methyl sites for hydroxylation is 2. The largest absolute Gasteiger partial charge is 0.480 e. The highest BCUT2D eigenvalue weighted by atomic mass is 16.5. The van der Waals surface area contributed by atoms with E-state index in [4.69, 9.17) is 14.5 Å². The fourth-order valence-electron chi connectivity index (χ4n) is 5.63. The lowest BCUT2D eigenvalue weighted by atomic mass is 9.96. The molecule has 3 aliphatic rings. The Bertz CT molecular complexity index is 1030. The number of nitrogens with zero attached hydrogens (tertiary/aromatic N) is 2. The van der Waals surface area contributed by atoms with E-state index in [-0.39, 0.29) is 12.2 Å². The zero-order chi connectivity index (χ0) is 24.2. The van der Waals surface area contributed by atoms with Crippen molar-refractivity contribution < 1.29 is 19.4 Å². The number of anilines is 1. The van der Waals surface area contributed by atoms with E-state index in [0.717, 1.165) is 74.3 Å². The second-order valence-corrected chi connectivity index (χ2v) is 10.1. The van der Waals surface area contributed by atoms with Crippen LogP contribution in [-0.2, 0) is 27.1 Å². The normalized spacial score (nSPS) is 24.5. The highest BCUT2D eigenvalue weighted by molar-refractivity contribution is 5.76. The van der Waals surface area contributed by atoms with Crippen LogP contribution in [0.25, 0.3) is 0 Å². The molecule has 35 heavy (non-hydrogen) atoms. The summed E-state index contributed by atoms with van der Waals surface area (Å²) in [5, 5.41) is 13.5. The number of likely N-dealkylation sites (tertiary alicyclic amines) is 1. The van der Waals surface area contributed by atoms with Gasteiger partial charge in [0, 0.05) is 45.0 Å². The topological polar surface area (TPSA) is 83.9 Å². The first kappa shape index (κ1) is 24.2. The fourth-order valence-corrected chi connectivity index (χ4v) is 5.63. The molecule has 5 rings (SSSR count). The van der Waals surface area contributed by atoms with Gasteiger partial charge in [-0.1, -0.05) is 30.3 Å². The summed E-state index contributed by atoms with van der Waals surface area (Å²) in [4.78, 5) is 19.2. The van der Waals surface area contributed by atoms with E-state index in [1.807, 2.05) is 18.2 Å². The van der Waals surface area contributed by atoms with E-state index >= 15 is 0 Å². The van der Waals surface area contributed by atoms with Crippen LogP contribution < -0.4 is 5.32 Å². The number of pyridine rings is 1. The predicted molar refractivity (Wildman–Crippen MR) is 135 cm³/mol. The summed E-state index contributed by atoms with van der Waals surface area (Å²) in [7, 11) is 1.73. The molecular formula is C28H37N3O4. The number of carboxylic acid groups (broad SMARTS) is 1. The Hall–Kier alpha value is -2.48. The van der Waals surface area contributed by atoms with Crippen molar-refractivity contribution in [3.05, 3.63) is 58.8 Å². The van der Waals surface area contributed by atoms with Gasteiger partial charge in [-0.2, -0.15) is 0 Å². The van der Waals surface area contributed by atoms with Crippen molar-refractivity contribution >= 4 is 11.8 Å². The molecule has 188 valence electrons. The average Bonchev–Trinajstić information content (AvgIpc) is 3.53. The van der Waals surface area contributed by atoms with Crippen molar-refractivity contribution in [3.63, 3.8) is 0 Å². The summed E-state index contributed by atoms with van der Waals surface area (Å²) in [5.41, 5.74) is 4.48. The molecule has 0 bridgehead atoms. The van der Waals surface area contributed by atoms with Gasteiger partial charge in [0.05, 0.1) is 12.2 Å². The molecule has 1 saturated heterocycles. The standard InChI is InChI=1S/C28H37N3O4/c1-34-25-17-24(25)22-9-2-3-10-23(22)26(28(32)33)31-15-13-21(18-31)35-16-5-4-8-20-12-11-19-7-6-14-29-27(19)30-20/h2-3,9-12,21,24-26H,4-8,13-18H2,1H3,(H,29,30)(H,32,33)/t21-,24?,25-,26?/m1/s1. The predicted octanol–water partition coefficient (Wildman–Crippen LogP) is 4.18. The van der Waals surface area contributed by atoms with Crippen LogP contribution in [0.2, 0.25) is 0 Å². The van der Waals surface area contributed by atoms with Gasteiger partial charge in [0.1, 0.15) is 11.9 Å². The number of hydrogen-bond donors (Lipinski definition) is 2. The molecule has 0 amide bonds. The van der Waals surface area contributed by atoms with Gasteiger partial charge >= 0.3 is 5.97 Å². The molecule has 7 heteroatoms. The summed E-state index contributed by atoms with van der Waals surface area (Å²) in [6.07, 6.45) is 7.39. The highest BCUT2D eigenvalue weighted by Crippen LogP contribution is 2.46. The Labute approximate surface area is 207 Å². The number of hydrogen-bond acceptors (Lipinski definition) is 6. The Morgan fingerprint density at radius 1 is 1.26 bits per heavy atom. The smallest absolute Gasteiger partial charge is 0.325 e. The molecule has 4 atom stereocenters. The minimum absolute atomic E-state index is 0.0859. The molecule has 2 N–H and O–H groups in total. The minimum atomic E-state index is -0.792. The number of fused-ring (bicyclic) bond motifs is 1. The highest BCUT2D eigenvalue weighted by Gasteiger charge is 2.43. The van der Waals surface area contributed by atoms with Crippen molar-refractivity contribution in [2.24, 2.45) is 0 Å². The Morgan fingerprint density at radius 3 is 2.97 bits per heavy atom. The van der Waals surface area contributed by atoms with Gasteiger partial charge in [-0.15, -0.1) is 0 Å². The summed E-state index contributed by atoms with van der Waals surface area (Å²) in [6, 6.07) is 11.7. The van der Waals surface area contributed by atoms with Gasteiger partial charge in [0.15, 0.2) is 0 Å². The number of carbonyl (C=O) groups is 1. The number of nitrogens with one attached hydrogen (secondary N) is 1. The molecule has 3 heterocycles. The lowest BCUT2D eigenvalue weighted by Gasteiger charge is -2.26. The van der Waals surface area contributed by atoms with E-state index in [2.05, 4.69) is 28.4 Å². The summed E-state index contributed by atoms with van der Waals surface area (Å²) in [5.74, 6) is 0.567. The van der Waals surface area contributed by atoms with Crippen LogP contribution in [0.4, 0.5) is 5.82 Å². The fraction of sp³-hybridized carbons (Fsp3) is 0.571. The van der Waals surface area contributed by atoms with E-state index < -0.39 is 12.0 Å². The van der Waals surface area contributed by atoms with Crippen LogP contribution in [0.15, 0.2) is 36.4 Å². The van der Waals surface area contributed by atoms with Crippen LogP contribution in [0.3, 0.4) is 0 Å². The van der Waals surface area contributed by atoms with Gasteiger partial charge in [-0.05, 0) is 67.7 Å². The zero-order valence-corrected chi connectivity index (χ0v) is 20.6. The van der Waals surface area contributed by atoms with Gasteiger partial charge in [0.2, 0.25) is 0 Å². The number of methoxy groups -OCH3 is 1. The first-order valence-electron chi connectivity index (χ1n) is 13.1. The maximum Gasteiger partial charge on any atom is 0.325 e. The molecule has 2 fully saturated rings. The van der Waals surface area contributed by atoms with E-state index in [1.54, 1.807) is 7.11 Å². The minimum Gasteiger partial charge on any atom is -0.480 e. The summed E-state index contributed by atoms with van der Waals surface area (Å²) < 4.78 is 11.7. The third kappa shape index (κ3) is 5.68. The summed E-state index contributed by atoms with van der Waals surface area (Å²) in [6.45, 7) is 3.11. The molecule has 1 aromatic carbocycles. The number of aliphatic carboxylic acids is 1. The summed E-state index contributed by atoms with van der Waals surface area (Å²) >= 11 is 0. The lowest BCUT2D eigenvalue weighted by molar-refractivity contribution is -0.143. The van der Waals surface area contributed by atoms with Crippen LogP contribution in [0.5, 0.6) is 0 Å². The van der Waals surface area contributed by atoms with Crippen LogP contribution in [0, 0.1) is 0 Å². The second-order valence-electron chi connectivity index (χ2n) is 10.1. The Balaban J connectivity index is 1.10. The van der Waals surface area contributed by atoms with Crippen molar-refractivity contribution in [1.29, 1.82) is 0 Å². The third-order valence-electron chi connectivity index (χ3n) is 7.63. The zero-order valence-electron chi connectivity index (χ0n) is 20.6. The lowest BCUT2D eigenvalue weighted by Crippen LogP contribution is -2.34. The maximum absolute atomic E-state index is 12.3. The SMILES string of the molecule is CO[C@@H]1CC1c1ccccc1C(C(=O)O)N1CC[C@@H](OCCCCc2ccc3c(n2)NCCC3)C1. The first-order chi connectivity index (χ1) is 17.1. The third-order valence-corrected chi connectivity index (χ3v) is 7.63. The Kier molecular flexibility index (Phi) is 7.66. The number of carboxylic acids is 1. The molecular weight excluding hydrogens is 442 g/mol. The van der Waals surface area contributed by atoms with Crippen molar-refractivity contribution in [2.45, 2.75) is 69.1 Å². The molecule has 1 saturated carbocycles. The molecule has 1 aliphatic carbocycles. The average molecular weight is 480 g/mol. The monoisotopic (exact) mass is 479 g/mol. The molecule has 2 unspecified atom stereocenters. The van der Waals surface area contributed by atoms with Gasteiger partial charge in [0.25, 0.3) is 0 Å². The first-order valence-corrected chi connectivity index (χ1v) is 13.1. The number of benzene rings is 1. The number of rotatable bonds is 11. The molecule has 0 spiro atoms. The number of aromatic nitrogens is 1. The quantitative estimate of drug-likeness (QED) is 0.468. The van der Waals surface area contributed by atoms with E-state index in [1.165, 1.54) is 12.0 Å². The number of unbranched alkanes of at least 4 members (excludes halogenated alkanes) is 1. The van der Waals surface area contributed by atoms with Gasteiger partial charge < -0.3 is 19.9 Å². The number of ether oxygens (including phenoxy) is 2. The van der Waals surface area contributed by atoms with E-state index in [9.17, 15) is 9.90 Å². The molecule has 0 radical (unpaired) electrons. The molecule has 7 nitrogen and oxygen atoms in total. The van der Waals surface area contributed by atoms with Gasteiger partial charge in [-0.3, -0.25) is 9.69 Å². The van der Waals surface area contributed by atoms with E-state index in [0.29, 0.717) is 19.1 Å². The van der Waals surface area contributed by atoms with Crippen molar-refractivity contribution in [2.75, 3.05) is 38.7 Å². The van der Waals surface area contributed by atoms with Crippen LogP contribution in [0.1, 0.15) is 66.4 Å².